The SMILES string of the molecule is ClCc1ccccc1.O=[Si]. The van der Waals surface area contributed by atoms with Crippen molar-refractivity contribution in [3.63, 3.8) is 0 Å². The first kappa shape index (κ1) is 9.53. The summed E-state index contributed by atoms with van der Waals surface area (Å²) in [6.45, 7) is 0. The molecule has 1 rings (SSSR count). The summed E-state index contributed by atoms with van der Waals surface area (Å²) >= 11 is 5.53. The maximum atomic E-state index is 8.06. The normalized spacial score (nSPS) is 7.70. The molecule has 0 fully saturated rings. The van der Waals surface area contributed by atoms with Gasteiger partial charge in [0.1, 0.15) is 0 Å². The molecule has 0 N–H and O–H groups in total. The van der Waals surface area contributed by atoms with E-state index >= 15 is 0 Å². The maximum Gasteiger partial charge on any atom is 0.381 e. The Labute approximate surface area is 68.5 Å². The minimum Gasteiger partial charge on any atom is -0.381 e. The molecule has 1 nitrogen and oxygen atoms in total. The molecular formula is C7H7ClOSi. The second kappa shape index (κ2) is 6.64. The van der Waals surface area contributed by atoms with Crippen LogP contribution in [0.25, 0.3) is 0 Å². The molecule has 2 radical (unpaired) electrons. The zero-order valence-electron chi connectivity index (χ0n) is 5.38. The fraction of sp³-hybridized carbons (Fsp3) is 0.143. The van der Waals surface area contributed by atoms with E-state index in [0.717, 1.165) is 0 Å². The third-order valence-electron chi connectivity index (χ3n) is 0.997. The van der Waals surface area contributed by atoms with Crippen LogP contribution in [-0.4, -0.2) is 10.1 Å². The van der Waals surface area contributed by atoms with Crippen molar-refractivity contribution >= 4 is 21.7 Å². The summed E-state index contributed by atoms with van der Waals surface area (Å²) in [5, 5.41) is 0. The molecule has 0 unspecified atom stereocenters. The fourth-order valence-electron chi connectivity index (χ4n) is 0.567. The van der Waals surface area contributed by atoms with E-state index in [1.165, 1.54) is 5.56 Å². The number of hydrogen-bond acceptors (Lipinski definition) is 1. The van der Waals surface area contributed by atoms with Crippen molar-refractivity contribution in [2.24, 2.45) is 0 Å². The van der Waals surface area contributed by atoms with Crippen LogP contribution in [0.1, 0.15) is 5.56 Å². The molecule has 52 valence electrons. The molecule has 0 atom stereocenters. The van der Waals surface area contributed by atoms with Crippen LogP contribution in [0.5, 0.6) is 0 Å². The van der Waals surface area contributed by atoms with Crippen molar-refractivity contribution in [1.82, 2.24) is 0 Å². The van der Waals surface area contributed by atoms with Gasteiger partial charge in [0.2, 0.25) is 0 Å². The summed E-state index contributed by atoms with van der Waals surface area (Å²) in [5.74, 6) is 0.612. The van der Waals surface area contributed by atoms with Gasteiger partial charge in [0.05, 0.1) is 0 Å². The third kappa shape index (κ3) is 3.53. The average molecular weight is 171 g/mol. The van der Waals surface area contributed by atoms with Gasteiger partial charge in [0.25, 0.3) is 0 Å². The predicted molar refractivity (Wildman–Crippen MR) is 42.4 cm³/mol. The van der Waals surface area contributed by atoms with Crippen molar-refractivity contribution < 1.29 is 4.46 Å². The second-order valence-corrected chi connectivity index (χ2v) is 1.89. The first-order valence-corrected chi connectivity index (χ1v) is 3.68. The van der Waals surface area contributed by atoms with Crippen molar-refractivity contribution in [3.05, 3.63) is 35.9 Å². The maximum absolute atomic E-state index is 8.06. The van der Waals surface area contributed by atoms with Gasteiger partial charge in [-0.2, -0.15) is 0 Å². The molecule has 0 aliphatic carbocycles. The molecule has 1 aromatic rings. The van der Waals surface area contributed by atoms with Gasteiger partial charge in [-0.3, -0.25) is 0 Å². The molecule has 0 saturated heterocycles. The molecule has 0 aromatic heterocycles. The van der Waals surface area contributed by atoms with Crippen molar-refractivity contribution in [2.75, 3.05) is 0 Å². The molecule has 0 aliphatic heterocycles. The Balaban J connectivity index is 0.000000371. The topological polar surface area (TPSA) is 17.1 Å². The second-order valence-electron chi connectivity index (χ2n) is 1.62. The quantitative estimate of drug-likeness (QED) is 0.465. The van der Waals surface area contributed by atoms with E-state index in [-0.39, 0.29) is 0 Å². The lowest BCUT2D eigenvalue weighted by atomic mass is 10.2. The van der Waals surface area contributed by atoms with Gasteiger partial charge in [0.15, 0.2) is 0 Å². The standard InChI is InChI=1S/C7H7Cl.OSi/c8-6-7-4-2-1-3-5-7;1-2/h1-5H,6H2;. The molecule has 0 heterocycles. The smallest absolute Gasteiger partial charge is 0.381 e. The van der Waals surface area contributed by atoms with Crippen molar-refractivity contribution in [2.45, 2.75) is 5.88 Å². The molecule has 0 amide bonds. The monoisotopic (exact) mass is 170 g/mol. The van der Waals surface area contributed by atoms with E-state index in [9.17, 15) is 0 Å². The zero-order chi connectivity index (χ0) is 7.82. The van der Waals surface area contributed by atoms with E-state index in [1.807, 2.05) is 30.3 Å². The molecule has 0 bridgehead atoms. The van der Waals surface area contributed by atoms with E-state index in [2.05, 4.69) is 0 Å². The summed E-state index contributed by atoms with van der Waals surface area (Å²) in [5.41, 5.74) is 1.18. The van der Waals surface area contributed by atoms with Crippen LogP contribution in [-0.2, 0) is 10.3 Å². The van der Waals surface area contributed by atoms with Crippen LogP contribution in [0, 0.1) is 0 Å². The van der Waals surface area contributed by atoms with Crippen LogP contribution in [0.4, 0.5) is 0 Å². The van der Waals surface area contributed by atoms with Crippen LogP contribution >= 0.6 is 11.6 Å². The van der Waals surface area contributed by atoms with E-state index < -0.39 is 0 Å². The highest BCUT2D eigenvalue weighted by atomic mass is 35.5. The van der Waals surface area contributed by atoms with Crippen molar-refractivity contribution in [1.29, 1.82) is 0 Å². The van der Waals surface area contributed by atoms with Crippen LogP contribution in [0.3, 0.4) is 0 Å². The first-order chi connectivity index (χ1) is 4.93. The molecule has 10 heavy (non-hydrogen) atoms. The van der Waals surface area contributed by atoms with Crippen molar-refractivity contribution in [3.8, 4) is 0 Å². The van der Waals surface area contributed by atoms with Gasteiger partial charge < -0.3 is 4.46 Å². The minimum atomic E-state index is 0.612. The molecule has 0 aliphatic rings. The number of hydrogen-bond donors (Lipinski definition) is 0. The number of benzene rings is 1. The number of rotatable bonds is 1. The lowest BCUT2D eigenvalue weighted by molar-refractivity contribution is 0.590. The Bertz CT molecular complexity index is 167. The largest absolute Gasteiger partial charge is 0.381 e. The van der Waals surface area contributed by atoms with Gasteiger partial charge >= 0.3 is 10.1 Å². The Kier molecular flexibility index (Phi) is 6.33. The highest BCUT2D eigenvalue weighted by molar-refractivity contribution is 6.17. The van der Waals surface area contributed by atoms with Gasteiger partial charge in [-0.25, -0.2) is 0 Å². The van der Waals surface area contributed by atoms with E-state index in [1.54, 1.807) is 10.1 Å². The van der Waals surface area contributed by atoms with Gasteiger partial charge in [-0.1, -0.05) is 30.3 Å². The van der Waals surface area contributed by atoms with Gasteiger partial charge in [-0.15, -0.1) is 11.6 Å². The Morgan fingerprint density at radius 3 is 2.00 bits per heavy atom. The van der Waals surface area contributed by atoms with Crippen LogP contribution in [0.15, 0.2) is 30.3 Å². The lowest BCUT2D eigenvalue weighted by Crippen LogP contribution is -1.71. The highest BCUT2D eigenvalue weighted by Crippen LogP contribution is 2.00. The van der Waals surface area contributed by atoms with Gasteiger partial charge in [-0.05, 0) is 5.56 Å². The molecule has 0 saturated carbocycles. The van der Waals surface area contributed by atoms with Crippen LogP contribution < -0.4 is 0 Å². The Morgan fingerprint density at radius 1 is 1.20 bits per heavy atom. The van der Waals surface area contributed by atoms with Gasteiger partial charge in [0, 0.05) is 5.88 Å². The third-order valence-corrected chi connectivity index (χ3v) is 1.31. The molecular weight excluding hydrogens is 164 g/mol. The fourth-order valence-corrected chi connectivity index (χ4v) is 0.745. The minimum absolute atomic E-state index is 0.612. The van der Waals surface area contributed by atoms with E-state index in [4.69, 9.17) is 16.1 Å². The lowest BCUT2D eigenvalue weighted by Gasteiger charge is -1.88. The van der Waals surface area contributed by atoms with E-state index in [0.29, 0.717) is 5.88 Å². The first-order valence-electron chi connectivity index (χ1n) is 2.74. The summed E-state index contributed by atoms with van der Waals surface area (Å²) in [6, 6.07) is 9.96. The predicted octanol–water partition coefficient (Wildman–Crippen LogP) is 1.93. The summed E-state index contributed by atoms with van der Waals surface area (Å²) in [7, 11) is 1.72. The number of halogens is 1. The molecule has 0 spiro atoms. The average Bonchev–Trinajstić information content (AvgIpc) is 2.10. The summed E-state index contributed by atoms with van der Waals surface area (Å²) < 4.78 is 8.06. The zero-order valence-corrected chi connectivity index (χ0v) is 7.14. The molecule has 3 heteroatoms. The Morgan fingerprint density at radius 2 is 1.70 bits per heavy atom. The molecule has 1 aromatic carbocycles. The number of alkyl halides is 1. The van der Waals surface area contributed by atoms with Crippen LogP contribution in [0.2, 0.25) is 0 Å². The highest BCUT2D eigenvalue weighted by Gasteiger charge is 1.81. The summed E-state index contributed by atoms with van der Waals surface area (Å²) in [4.78, 5) is 0. The Hall–Kier alpha value is -0.473. The summed E-state index contributed by atoms with van der Waals surface area (Å²) in [6.07, 6.45) is 0.